The Morgan fingerprint density at radius 1 is 0.457 bits per heavy atom. The van der Waals surface area contributed by atoms with Crippen LogP contribution in [-0.2, 0) is 0 Å². The van der Waals surface area contributed by atoms with Gasteiger partial charge in [0.1, 0.15) is 0 Å². The molecule has 0 amide bonds. The minimum Gasteiger partial charge on any atom is -0.253 e. The van der Waals surface area contributed by atoms with Gasteiger partial charge in [0, 0.05) is 11.3 Å². The van der Waals surface area contributed by atoms with E-state index in [2.05, 4.69) is 116 Å². The highest BCUT2D eigenvalue weighted by atomic mass is 14.7. The fourth-order valence-corrected chi connectivity index (χ4v) is 4.25. The molecule has 1 nitrogen and oxygen atoms in total. The summed E-state index contributed by atoms with van der Waals surface area (Å²) in [6.07, 6.45) is 0. The van der Waals surface area contributed by atoms with E-state index in [0.29, 0.717) is 0 Å². The van der Waals surface area contributed by atoms with Crippen LogP contribution in [0.2, 0.25) is 0 Å². The first-order chi connectivity index (χ1) is 17.2. The molecule has 168 valence electrons. The molecule has 0 aliphatic carbocycles. The molecule has 0 spiro atoms. The second-order valence-electron chi connectivity index (χ2n) is 8.61. The van der Waals surface area contributed by atoms with E-state index >= 15 is 0 Å². The van der Waals surface area contributed by atoms with Gasteiger partial charge in [0.15, 0.2) is 0 Å². The van der Waals surface area contributed by atoms with Crippen LogP contribution in [0.25, 0.3) is 39.1 Å². The Kier molecular flexibility index (Phi) is 6.50. The van der Waals surface area contributed by atoms with Crippen molar-refractivity contribution in [2.45, 2.75) is 6.92 Å². The van der Waals surface area contributed by atoms with Crippen molar-refractivity contribution >= 4 is 11.4 Å². The Bertz CT molecular complexity index is 1480. The number of aliphatic imine (C=N–C) groups is 1. The van der Waals surface area contributed by atoms with Gasteiger partial charge in [-0.2, -0.15) is 0 Å². The van der Waals surface area contributed by atoms with E-state index in [9.17, 15) is 0 Å². The van der Waals surface area contributed by atoms with Gasteiger partial charge < -0.3 is 0 Å². The van der Waals surface area contributed by atoms with Gasteiger partial charge in [-0.25, -0.2) is 0 Å². The lowest BCUT2D eigenvalue weighted by Crippen LogP contribution is -1.94. The zero-order valence-electron chi connectivity index (χ0n) is 19.9. The Hall–Kier alpha value is -4.49. The third kappa shape index (κ3) is 5.20. The molecule has 0 aliphatic rings. The van der Waals surface area contributed by atoms with Gasteiger partial charge in [0.25, 0.3) is 0 Å². The van der Waals surface area contributed by atoms with Crippen LogP contribution in [0.4, 0.5) is 0 Å². The third-order valence-electron chi connectivity index (χ3n) is 6.21. The maximum absolute atomic E-state index is 4.77. The summed E-state index contributed by atoms with van der Waals surface area (Å²) in [5, 5.41) is 0. The highest BCUT2D eigenvalue weighted by Crippen LogP contribution is 2.30. The molecule has 0 aromatic heterocycles. The Morgan fingerprint density at radius 2 is 0.886 bits per heavy atom. The summed E-state index contributed by atoms with van der Waals surface area (Å²) >= 11 is 0. The van der Waals surface area contributed by atoms with Crippen LogP contribution >= 0.6 is 0 Å². The zero-order chi connectivity index (χ0) is 24.0. The molecule has 0 atom stereocenters. The largest absolute Gasteiger partial charge is 0.253 e. The van der Waals surface area contributed by atoms with Crippen molar-refractivity contribution in [3.05, 3.63) is 151 Å². The first-order valence-electron chi connectivity index (χ1n) is 11.8. The van der Waals surface area contributed by atoms with Crippen LogP contribution in [0.5, 0.6) is 0 Å². The van der Waals surface area contributed by atoms with E-state index in [-0.39, 0.29) is 0 Å². The lowest BCUT2D eigenvalue weighted by molar-refractivity contribution is 1.47. The molecule has 0 saturated carbocycles. The molecule has 0 radical (unpaired) electrons. The van der Waals surface area contributed by atoms with Gasteiger partial charge in [-0.1, -0.05) is 128 Å². The molecule has 0 unspecified atom stereocenters. The van der Waals surface area contributed by atoms with E-state index in [1.807, 2.05) is 31.2 Å². The van der Waals surface area contributed by atoms with Gasteiger partial charge in [0.05, 0.1) is 5.70 Å². The summed E-state index contributed by atoms with van der Waals surface area (Å²) in [4.78, 5) is 4.77. The van der Waals surface area contributed by atoms with Gasteiger partial charge >= 0.3 is 0 Å². The van der Waals surface area contributed by atoms with E-state index < -0.39 is 0 Å². The highest BCUT2D eigenvalue weighted by Gasteiger charge is 2.06. The molecular weight excluding hydrogens is 422 g/mol. The maximum atomic E-state index is 4.77. The molecule has 0 bridgehead atoms. The first kappa shape index (κ1) is 22.3. The topological polar surface area (TPSA) is 12.4 Å². The summed E-state index contributed by atoms with van der Waals surface area (Å²) in [6.45, 7) is 6.26. The zero-order valence-corrected chi connectivity index (χ0v) is 19.9. The smallest absolute Gasteiger partial charge is 0.0633 e. The Balaban J connectivity index is 1.40. The average molecular weight is 450 g/mol. The highest BCUT2D eigenvalue weighted by molar-refractivity contribution is 6.01. The number of benzene rings is 5. The molecule has 0 heterocycles. The Labute approximate surface area is 207 Å². The van der Waals surface area contributed by atoms with Crippen LogP contribution in [-0.4, -0.2) is 5.71 Å². The van der Waals surface area contributed by atoms with E-state index in [0.717, 1.165) is 28.1 Å². The van der Waals surface area contributed by atoms with Gasteiger partial charge in [0.2, 0.25) is 0 Å². The standard InChI is InChI=1S/C34H27N/c1-25(27-11-5-3-6-12-27)35-26(2)31-15-9-17-33(23-31)34-18-10-16-32(24-34)30-21-19-29(20-22-30)28-13-7-4-8-14-28/h3-24H,2H2,1H3. The summed E-state index contributed by atoms with van der Waals surface area (Å²) in [6, 6.07) is 46.6. The summed E-state index contributed by atoms with van der Waals surface area (Å²) in [5.41, 5.74) is 11.0. The normalized spacial score (nSPS) is 11.3. The SMILES string of the molecule is C=C(N=C(C)c1ccccc1)c1cccc(-c2cccc(-c3ccc(-c4ccccc4)cc3)c2)c1. The predicted molar refractivity (Wildman–Crippen MR) is 150 cm³/mol. The second kappa shape index (κ2) is 10.2. The van der Waals surface area contributed by atoms with Crippen molar-refractivity contribution in [1.82, 2.24) is 0 Å². The molecule has 0 N–H and O–H groups in total. The molecular formula is C34H27N. The summed E-state index contributed by atoms with van der Waals surface area (Å²) in [5.74, 6) is 0. The van der Waals surface area contributed by atoms with Crippen molar-refractivity contribution in [3.63, 3.8) is 0 Å². The average Bonchev–Trinajstić information content (AvgIpc) is 2.94. The molecule has 5 aromatic carbocycles. The predicted octanol–water partition coefficient (Wildman–Crippen LogP) is 9.17. The van der Waals surface area contributed by atoms with Gasteiger partial charge in [-0.05, 0) is 58.0 Å². The van der Waals surface area contributed by atoms with Crippen molar-refractivity contribution in [2.75, 3.05) is 0 Å². The maximum Gasteiger partial charge on any atom is 0.0633 e. The van der Waals surface area contributed by atoms with Crippen LogP contribution in [0.3, 0.4) is 0 Å². The second-order valence-corrected chi connectivity index (χ2v) is 8.61. The van der Waals surface area contributed by atoms with E-state index in [4.69, 9.17) is 4.99 Å². The quantitative estimate of drug-likeness (QED) is 0.229. The number of rotatable bonds is 6. The summed E-state index contributed by atoms with van der Waals surface area (Å²) < 4.78 is 0. The van der Waals surface area contributed by atoms with Crippen molar-refractivity contribution in [2.24, 2.45) is 4.99 Å². The lowest BCUT2D eigenvalue weighted by Gasteiger charge is -2.10. The monoisotopic (exact) mass is 449 g/mol. The van der Waals surface area contributed by atoms with Crippen molar-refractivity contribution < 1.29 is 0 Å². The van der Waals surface area contributed by atoms with Crippen LogP contribution in [0, 0.1) is 0 Å². The Morgan fingerprint density at radius 3 is 1.54 bits per heavy atom. The molecule has 5 aromatic rings. The van der Waals surface area contributed by atoms with Crippen molar-refractivity contribution in [1.29, 1.82) is 0 Å². The van der Waals surface area contributed by atoms with Crippen LogP contribution in [0.1, 0.15) is 18.1 Å². The minimum atomic E-state index is 0.765. The first-order valence-corrected chi connectivity index (χ1v) is 11.8. The fraction of sp³-hybridized carbons (Fsp3) is 0.0294. The number of nitrogens with zero attached hydrogens (tertiary/aromatic N) is 1. The van der Waals surface area contributed by atoms with Crippen molar-refractivity contribution in [3.8, 4) is 33.4 Å². The van der Waals surface area contributed by atoms with E-state index in [1.54, 1.807) is 0 Å². The van der Waals surface area contributed by atoms with Gasteiger partial charge in [-0.3, -0.25) is 4.99 Å². The lowest BCUT2D eigenvalue weighted by atomic mass is 9.96. The fourth-order valence-electron chi connectivity index (χ4n) is 4.25. The number of hydrogen-bond donors (Lipinski definition) is 0. The molecule has 35 heavy (non-hydrogen) atoms. The summed E-state index contributed by atoms with van der Waals surface area (Å²) in [7, 11) is 0. The number of hydrogen-bond acceptors (Lipinski definition) is 1. The van der Waals surface area contributed by atoms with E-state index in [1.165, 1.54) is 27.8 Å². The molecule has 0 saturated heterocycles. The van der Waals surface area contributed by atoms with Crippen LogP contribution in [0.15, 0.2) is 145 Å². The van der Waals surface area contributed by atoms with Gasteiger partial charge in [-0.15, -0.1) is 0 Å². The third-order valence-corrected chi connectivity index (χ3v) is 6.21. The molecule has 1 heteroatoms. The minimum absolute atomic E-state index is 0.765. The molecule has 0 fully saturated rings. The van der Waals surface area contributed by atoms with Crippen LogP contribution < -0.4 is 0 Å². The molecule has 5 rings (SSSR count). The molecule has 0 aliphatic heterocycles.